The quantitative estimate of drug-likeness (QED) is 0.681. The Morgan fingerprint density at radius 3 is 2.88 bits per heavy atom. The van der Waals surface area contributed by atoms with Crippen LogP contribution in [0.2, 0.25) is 0 Å². The molecule has 0 fully saturated rings. The predicted octanol–water partition coefficient (Wildman–Crippen LogP) is 4.11. The molecule has 1 amide bonds. The van der Waals surface area contributed by atoms with E-state index in [-0.39, 0.29) is 17.2 Å². The molecule has 2 heterocycles. The molecule has 6 nitrogen and oxygen atoms in total. The van der Waals surface area contributed by atoms with Gasteiger partial charge in [0.15, 0.2) is 5.58 Å². The fourth-order valence-electron chi connectivity index (χ4n) is 2.27. The van der Waals surface area contributed by atoms with Gasteiger partial charge in [-0.2, -0.15) is 5.10 Å². The Morgan fingerprint density at radius 1 is 1.33 bits per heavy atom. The van der Waals surface area contributed by atoms with Crippen LogP contribution in [0.3, 0.4) is 0 Å². The van der Waals surface area contributed by atoms with Crippen molar-refractivity contribution in [3.63, 3.8) is 0 Å². The average Bonchev–Trinajstić information content (AvgIpc) is 3.19. The molecule has 3 aromatic rings. The highest BCUT2D eigenvalue weighted by atomic mass is 32.2. The number of hydrogen-bond donors (Lipinski definition) is 1. The molecule has 2 aromatic heterocycles. The lowest BCUT2D eigenvalue weighted by Gasteiger charge is -2.15. The van der Waals surface area contributed by atoms with Crippen molar-refractivity contribution >= 4 is 34.6 Å². The number of carbonyl (C=O) groups excluding carboxylic acids is 1. The molecule has 0 aliphatic heterocycles. The van der Waals surface area contributed by atoms with Gasteiger partial charge < -0.3 is 9.73 Å². The van der Waals surface area contributed by atoms with Crippen LogP contribution in [0.15, 0.2) is 46.2 Å². The molecule has 0 saturated heterocycles. The summed E-state index contributed by atoms with van der Waals surface area (Å²) in [5.41, 5.74) is 1.52. The third kappa shape index (κ3) is 3.46. The summed E-state index contributed by atoms with van der Waals surface area (Å²) in [6.45, 7) is 5.99. The van der Waals surface area contributed by atoms with Crippen molar-refractivity contribution in [2.75, 3.05) is 5.32 Å². The fraction of sp³-hybridized carbons (Fsp3) is 0.353. The van der Waals surface area contributed by atoms with Crippen molar-refractivity contribution in [2.45, 2.75) is 43.7 Å². The molecule has 7 heteroatoms. The van der Waals surface area contributed by atoms with E-state index in [2.05, 4.69) is 29.2 Å². The van der Waals surface area contributed by atoms with Crippen LogP contribution >= 0.6 is 11.8 Å². The maximum atomic E-state index is 12.5. The van der Waals surface area contributed by atoms with E-state index in [0.717, 1.165) is 17.5 Å². The summed E-state index contributed by atoms with van der Waals surface area (Å²) >= 11 is 1.30. The van der Waals surface area contributed by atoms with Crippen molar-refractivity contribution in [2.24, 2.45) is 0 Å². The van der Waals surface area contributed by atoms with Gasteiger partial charge in [0.25, 0.3) is 5.22 Å². The number of fused-ring (bicyclic) bond motifs is 1. The molecule has 2 atom stereocenters. The number of amides is 1. The van der Waals surface area contributed by atoms with Gasteiger partial charge in [0.2, 0.25) is 5.91 Å². The van der Waals surface area contributed by atoms with E-state index in [4.69, 9.17) is 4.42 Å². The van der Waals surface area contributed by atoms with Gasteiger partial charge in [0, 0.05) is 6.07 Å². The van der Waals surface area contributed by atoms with Gasteiger partial charge in [0.1, 0.15) is 11.3 Å². The molecule has 126 valence electrons. The van der Waals surface area contributed by atoms with Crippen LogP contribution in [0.25, 0.3) is 11.1 Å². The Bertz CT molecular complexity index is 809. The number of oxazole rings is 1. The molecule has 0 spiro atoms. The first-order valence-corrected chi connectivity index (χ1v) is 8.83. The number of benzene rings is 1. The topological polar surface area (TPSA) is 73.0 Å². The van der Waals surface area contributed by atoms with Crippen LogP contribution in [0.5, 0.6) is 0 Å². The predicted molar refractivity (Wildman–Crippen MR) is 95.2 cm³/mol. The third-order valence-electron chi connectivity index (χ3n) is 3.85. The number of carbonyl (C=O) groups is 1. The molecule has 3 rings (SSSR count). The molecule has 0 aliphatic carbocycles. The maximum Gasteiger partial charge on any atom is 0.257 e. The number of anilines is 1. The molecule has 0 bridgehead atoms. The molecule has 1 aromatic carbocycles. The van der Waals surface area contributed by atoms with Gasteiger partial charge in [-0.1, -0.05) is 30.8 Å². The molecule has 1 N–H and O–H groups in total. The molecule has 0 radical (unpaired) electrons. The van der Waals surface area contributed by atoms with Crippen LogP contribution in [0.1, 0.15) is 33.2 Å². The minimum Gasteiger partial charge on any atom is -0.431 e. The van der Waals surface area contributed by atoms with E-state index in [1.807, 2.05) is 35.9 Å². The highest BCUT2D eigenvalue weighted by Gasteiger charge is 2.20. The lowest BCUT2D eigenvalue weighted by Crippen LogP contribution is -2.24. The fourth-order valence-corrected chi connectivity index (χ4v) is 3.03. The Hall–Kier alpha value is -2.28. The van der Waals surface area contributed by atoms with Crippen LogP contribution < -0.4 is 5.32 Å². The van der Waals surface area contributed by atoms with Gasteiger partial charge in [0.05, 0.1) is 17.5 Å². The van der Waals surface area contributed by atoms with E-state index in [1.165, 1.54) is 11.8 Å². The average molecular weight is 344 g/mol. The number of hydrogen-bond acceptors (Lipinski definition) is 5. The van der Waals surface area contributed by atoms with E-state index >= 15 is 0 Å². The van der Waals surface area contributed by atoms with Crippen molar-refractivity contribution in [3.05, 3.63) is 36.5 Å². The Kier molecular flexibility index (Phi) is 4.89. The van der Waals surface area contributed by atoms with E-state index in [1.54, 1.807) is 12.3 Å². The van der Waals surface area contributed by atoms with Gasteiger partial charge in [-0.3, -0.25) is 4.79 Å². The van der Waals surface area contributed by atoms with Gasteiger partial charge >= 0.3 is 0 Å². The van der Waals surface area contributed by atoms with Crippen LogP contribution in [0.4, 0.5) is 5.82 Å². The Labute approximate surface area is 144 Å². The van der Waals surface area contributed by atoms with E-state index < -0.39 is 0 Å². The summed E-state index contributed by atoms with van der Waals surface area (Å²) in [6, 6.07) is 9.59. The van der Waals surface area contributed by atoms with Gasteiger partial charge in [-0.15, -0.1) is 0 Å². The zero-order valence-corrected chi connectivity index (χ0v) is 14.7. The number of para-hydroxylation sites is 2. The second-order valence-electron chi connectivity index (χ2n) is 5.62. The summed E-state index contributed by atoms with van der Waals surface area (Å²) in [7, 11) is 0. The summed E-state index contributed by atoms with van der Waals surface area (Å²) in [4.78, 5) is 16.8. The van der Waals surface area contributed by atoms with Crippen molar-refractivity contribution < 1.29 is 9.21 Å². The van der Waals surface area contributed by atoms with Crippen molar-refractivity contribution in [1.82, 2.24) is 14.8 Å². The minimum atomic E-state index is -0.335. The number of nitrogens with zero attached hydrogens (tertiary/aromatic N) is 3. The van der Waals surface area contributed by atoms with Crippen molar-refractivity contribution in [1.29, 1.82) is 0 Å². The minimum absolute atomic E-state index is 0.104. The van der Waals surface area contributed by atoms with E-state index in [0.29, 0.717) is 11.0 Å². The molecule has 24 heavy (non-hydrogen) atoms. The first kappa shape index (κ1) is 16.6. The summed E-state index contributed by atoms with van der Waals surface area (Å²) in [6.07, 6.45) is 2.64. The zero-order chi connectivity index (χ0) is 17.1. The second-order valence-corrected chi connectivity index (χ2v) is 6.91. The molecular formula is C17H20N4O2S. The number of nitrogens with one attached hydrogen (secondary N) is 1. The van der Waals surface area contributed by atoms with Crippen LogP contribution in [0, 0.1) is 0 Å². The lowest BCUT2D eigenvalue weighted by molar-refractivity contribution is -0.115. The molecule has 0 unspecified atom stereocenters. The van der Waals surface area contributed by atoms with Crippen LogP contribution in [-0.4, -0.2) is 25.9 Å². The van der Waals surface area contributed by atoms with Crippen molar-refractivity contribution in [3.8, 4) is 0 Å². The monoisotopic (exact) mass is 344 g/mol. The first-order valence-electron chi connectivity index (χ1n) is 7.95. The Morgan fingerprint density at radius 2 is 2.12 bits per heavy atom. The SMILES string of the molecule is CC[C@H](C)n1nccc1NC(=O)[C@H](C)Sc1nc2ccccc2o1. The maximum absolute atomic E-state index is 12.5. The summed E-state index contributed by atoms with van der Waals surface area (Å²) in [5.74, 6) is 0.603. The third-order valence-corrected chi connectivity index (χ3v) is 4.79. The number of rotatable bonds is 6. The van der Waals surface area contributed by atoms with Crippen LogP contribution in [-0.2, 0) is 4.79 Å². The second kappa shape index (κ2) is 7.09. The Balaban J connectivity index is 1.67. The first-order chi connectivity index (χ1) is 11.6. The number of thioether (sulfide) groups is 1. The number of aromatic nitrogens is 3. The van der Waals surface area contributed by atoms with Gasteiger partial charge in [-0.25, -0.2) is 9.67 Å². The normalized spacial score (nSPS) is 13.8. The molecular weight excluding hydrogens is 324 g/mol. The highest BCUT2D eigenvalue weighted by molar-refractivity contribution is 8.00. The highest BCUT2D eigenvalue weighted by Crippen LogP contribution is 2.27. The summed E-state index contributed by atoms with van der Waals surface area (Å²) in [5, 5.41) is 7.37. The van der Waals surface area contributed by atoms with E-state index in [9.17, 15) is 4.79 Å². The zero-order valence-electron chi connectivity index (χ0n) is 13.9. The lowest BCUT2D eigenvalue weighted by atomic mass is 10.3. The standard InChI is InChI=1S/C17H20N4O2S/c1-4-11(2)21-15(9-10-18-21)20-16(22)12(3)24-17-19-13-7-5-6-8-14(13)23-17/h5-12H,4H2,1-3H3,(H,20,22)/t11-,12-/m0/s1. The molecule has 0 aliphatic rings. The summed E-state index contributed by atoms with van der Waals surface area (Å²) < 4.78 is 7.49. The smallest absolute Gasteiger partial charge is 0.257 e. The largest absolute Gasteiger partial charge is 0.431 e. The van der Waals surface area contributed by atoms with Gasteiger partial charge in [-0.05, 0) is 32.4 Å². The molecule has 0 saturated carbocycles.